The number of likely N-dealkylation sites (tertiary alicyclic amines) is 1. The molecule has 1 heterocycles. The fraction of sp³-hybridized carbons (Fsp3) is 0.875. The van der Waals surface area contributed by atoms with Gasteiger partial charge in [-0.05, 0) is 6.42 Å². The van der Waals surface area contributed by atoms with Gasteiger partial charge in [0.25, 0.3) is 0 Å². The topological polar surface area (TPSA) is 28.2 Å². The van der Waals surface area contributed by atoms with Crippen LogP contribution in [0.25, 0.3) is 0 Å². The Balaban J connectivity index is 0.000000371. The number of quaternary nitrogens is 1. The summed E-state index contributed by atoms with van der Waals surface area (Å²) < 4.78 is 0. The van der Waals surface area contributed by atoms with Gasteiger partial charge in [0.05, 0.1) is 20.1 Å². The first-order valence-corrected chi connectivity index (χ1v) is 3.86. The smallest absolute Gasteiger partial charge is 0.0799 e. The number of rotatable bonds is 1. The Morgan fingerprint density at radius 1 is 1.60 bits per heavy atom. The summed E-state index contributed by atoms with van der Waals surface area (Å²) in [6.45, 7) is 9.86. The maximum atomic E-state index is 6.25. The largest absolute Gasteiger partial charge is 0.512 e. The van der Waals surface area contributed by atoms with Crippen LogP contribution in [-0.4, -0.2) is 20.1 Å². The van der Waals surface area contributed by atoms with Crippen molar-refractivity contribution in [3.05, 3.63) is 6.57 Å². The highest BCUT2D eigenvalue weighted by Crippen LogP contribution is 2.06. The molecule has 0 bridgehead atoms. The molecule has 1 aliphatic heterocycles. The van der Waals surface area contributed by atoms with E-state index in [0.717, 1.165) is 5.92 Å². The molecule has 0 spiro atoms. The molecule has 1 rings (SSSR count). The Bertz CT molecular complexity index is 98.7. The number of hydrogen-bond donors (Lipinski definition) is 1. The van der Waals surface area contributed by atoms with Gasteiger partial charge in [0, 0.05) is 12.3 Å². The first-order valence-electron chi connectivity index (χ1n) is 3.86. The second kappa shape index (κ2) is 5.25. The first kappa shape index (κ1) is 9.45. The number of hydrogen-bond acceptors (Lipinski definition) is 1. The molecule has 0 aliphatic carbocycles. The zero-order valence-corrected chi connectivity index (χ0v) is 6.85. The van der Waals surface area contributed by atoms with Crippen LogP contribution in [-0.2, 0) is 0 Å². The van der Waals surface area contributed by atoms with Crippen molar-refractivity contribution in [2.45, 2.75) is 19.8 Å². The van der Waals surface area contributed by atoms with Gasteiger partial charge in [-0.15, -0.1) is 0 Å². The van der Waals surface area contributed by atoms with Gasteiger partial charge in [0.2, 0.25) is 0 Å². The molecule has 58 valence electrons. The predicted molar refractivity (Wildman–Crippen MR) is 40.0 cm³/mol. The van der Waals surface area contributed by atoms with Crippen molar-refractivity contribution in [3.8, 4) is 0 Å². The van der Waals surface area contributed by atoms with E-state index in [1.807, 2.05) is 0 Å². The van der Waals surface area contributed by atoms with Crippen molar-refractivity contribution in [1.82, 2.24) is 0 Å². The van der Waals surface area contributed by atoms with E-state index in [0.29, 0.717) is 0 Å². The molecule has 1 N–H and O–H groups in total. The van der Waals surface area contributed by atoms with Crippen LogP contribution in [0.4, 0.5) is 0 Å². The van der Waals surface area contributed by atoms with E-state index in [4.69, 9.17) is 11.8 Å². The summed E-state index contributed by atoms with van der Waals surface area (Å²) in [6.07, 6.45) is 2.85. The van der Waals surface area contributed by atoms with E-state index < -0.39 is 0 Å². The third-order valence-corrected chi connectivity index (χ3v) is 2.19. The molecule has 10 heavy (non-hydrogen) atoms. The summed E-state index contributed by atoms with van der Waals surface area (Å²) in [5, 5.41) is 6.25. The monoisotopic (exact) mass is 140 g/mol. The molecule has 2 unspecified atom stereocenters. The van der Waals surface area contributed by atoms with Gasteiger partial charge in [-0.3, -0.25) is 0 Å². The van der Waals surface area contributed by atoms with Crippen LogP contribution in [0, 0.1) is 17.8 Å². The Morgan fingerprint density at radius 3 is 2.40 bits per heavy atom. The second-order valence-corrected chi connectivity index (χ2v) is 2.97. The van der Waals surface area contributed by atoms with Crippen molar-refractivity contribution >= 4 is 0 Å². The van der Waals surface area contributed by atoms with Gasteiger partial charge in [0.1, 0.15) is 0 Å². The number of nitrogens with one attached hydrogen (secondary N) is 1. The standard InChI is InChI=1S/C7H15N.CN/c1-3-7-4-5-8(2)6-7;1-2/h7H,3-6H2,1-2H3;/q;-1/p+1. The molecule has 1 fully saturated rings. The Hall–Kier alpha value is -0.550. The van der Waals surface area contributed by atoms with Crippen LogP contribution in [0.2, 0.25) is 0 Å². The fourth-order valence-electron chi connectivity index (χ4n) is 1.50. The summed E-state index contributed by atoms with van der Waals surface area (Å²) in [4.78, 5) is 1.72. The minimum atomic E-state index is 1.04. The highest BCUT2D eigenvalue weighted by Gasteiger charge is 2.20. The lowest BCUT2D eigenvalue weighted by Gasteiger charge is -2.03. The normalized spacial score (nSPS) is 30.8. The summed E-state index contributed by atoms with van der Waals surface area (Å²) in [7, 11) is 2.29. The maximum absolute atomic E-state index is 6.25. The van der Waals surface area contributed by atoms with E-state index in [-0.39, 0.29) is 0 Å². The van der Waals surface area contributed by atoms with Crippen LogP contribution in [0.5, 0.6) is 0 Å². The molecule has 0 aromatic rings. The summed E-state index contributed by atoms with van der Waals surface area (Å²) in [5.74, 6) is 1.04. The van der Waals surface area contributed by atoms with Gasteiger partial charge >= 0.3 is 0 Å². The molecule has 1 saturated heterocycles. The van der Waals surface area contributed by atoms with Crippen molar-refractivity contribution in [2.75, 3.05) is 20.1 Å². The average Bonchev–Trinajstić information content (AvgIpc) is 2.40. The summed E-state index contributed by atoms with van der Waals surface area (Å²) in [6, 6.07) is 0. The molecular formula is C8H16N2. The lowest BCUT2D eigenvalue weighted by molar-refractivity contribution is -0.867. The number of nitrogens with zero attached hydrogens (tertiary/aromatic N) is 1. The van der Waals surface area contributed by atoms with E-state index >= 15 is 0 Å². The predicted octanol–water partition coefficient (Wildman–Crippen LogP) is 0.0274. The second-order valence-electron chi connectivity index (χ2n) is 2.97. The van der Waals surface area contributed by atoms with Gasteiger partial charge in [-0.25, -0.2) is 0 Å². The molecule has 2 heteroatoms. The van der Waals surface area contributed by atoms with Crippen molar-refractivity contribution in [2.24, 2.45) is 5.92 Å². The fourth-order valence-corrected chi connectivity index (χ4v) is 1.50. The SMILES string of the molecule is CCC1CC[NH+](C)C1.[C-]#N. The Labute approximate surface area is 63.4 Å². The quantitative estimate of drug-likeness (QED) is 0.511. The van der Waals surface area contributed by atoms with Crippen molar-refractivity contribution in [3.63, 3.8) is 0 Å². The van der Waals surface area contributed by atoms with Gasteiger partial charge in [0.15, 0.2) is 0 Å². The summed E-state index contributed by atoms with van der Waals surface area (Å²) >= 11 is 0. The average molecular weight is 140 g/mol. The molecule has 0 aromatic carbocycles. The lowest BCUT2D eigenvalue weighted by atomic mass is 10.1. The van der Waals surface area contributed by atoms with Gasteiger partial charge < -0.3 is 16.7 Å². The van der Waals surface area contributed by atoms with Gasteiger partial charge in [-0.2, -0.15) is 0 Å². The third kappa shape index (κ3) is 2.84. The molecule has 0 radical (unpaired) electrons. The Kier molecular flexibility index (Phi) is 4.96. The molecule has 2 atom stereocenters. The molecular weight excluding hydrogens is 124 g/mol. The molecule has 1 aliphatic rings. The van der Waals surface area contributed by atoms with E-state index in [9.17, 15) is 0 Å². The van der Waals surface area contributed by atoms with E-state index in [1.54, 1.807) is 4.90 Å². The van der Waals surface area contributed by atoms with Crippen LogP contribution < -0.4 is 4.90 Å². The first-order chi connectivity index (χ1) is 4.83. The molecule has 0 aromatic heterocycles. The van der Waals surface area contributed by atoms with Crippen LogP contribution in [0.1, 0.15) is 19.8 Å². The van der Waals surface area contributed by atoms with E-state index in [1.165, 1.54) is 25.9 Å². The van der Waals surface area contributed by atoms with Gasteiger partial charge in [-0.1, -0.05) is 6.92 Å². The zero-order chi connectivity index (χ0) is 7.98. The van der Waals surface area contributed by atoms with Crippen LogP contribution >= 0.6 is 0 Å². The zero-order valence-electron chi connectivity index (χ0n) is 6.85. The maximum Gasteiger partial charge on any atom is 0.0799 e. The minimum absolute atomic E-state index is 1.04. The van der Waals surface area contributed by atoms with E-state index in [2.05, 4.69) is 14.0 Å². The minimum Gasteiger partial charge on any atom is -0.512 e. The third-order valence-electron chi connectivity index (χ3n) is 2.19. The van der Waals surface area contributed by atoms with Crippen LogP contribution in [0.3, 0.4) is 0 Å². The van der Waals surface area contributed by atoms with Crippen molar-refractivity contribution < 1.29 is 4.90 Å². The highest BCUT2D eigenvalue weighted by atomic mass is 15.1. The highest BCUT2D eigenvalue weighted by molar-refractivity contribution is 4.58. The van der Waals surface area contributed by atoms with Crippen LogP contribution in [0.15, 0.2) is 0 Å². The van der Waals surface area contributed by atoms with Crippen molar-refractivity contribution in [1.29, 1.82) is 5.26 Å². The lowest BCUT2D eigenvalue weighted by Crippen LogP contribution is -3.07. The molecule has 0 saturated carbocycles. The summed E-state index contributed by atoms with van der Waals surface area (Å²) in [5.41, 5.74) is 0. The molecule has 2 nitrogen and oxygen atoms in total. The molecule has 0 amide bonds. The Morgan fingerprint density at radius 2 is 2.20 bits per heavy atom.